The first kappa shape index (κ1) is 18.3. The Morgan fingerprint density at radius 2 is 1.69 bits per heavy atom. The number of fused-ring (bicyclic) bond motifs is 2. The first-order valence-corrected chi connectivity index (χ1v) is 10.9. The van der Waals surface area contributed by atoms with Gasteiger partial charge in [-0.3, -0.25) is 0 Å². The molecule has 0 aliphatic carbocycles. The van der Waals surface area contributed by atoms with Crippen LogP contribution in [-0.4, -0.2) is 10.7 Å². The highest BCUT2D eigenvalue weighted by atomic mass is 32.1. The summed E-state index contributed by atoms with van der Waals surface area (Å²) in [5.74, 6) is 0. The minimum absolute atomic E-state index is 0.187. The molecule has 0 saturated carbocycles. The molecule has 1 aliphatic heterocycles. The molecule has 0 unspecified atom stereocenters. The van der Waals surface area contributed by atoms with E-state index >= 15 is 0 Å². The number of anilines is 3. The fraction of sp³-hybridized carbons (Fsp3) is 0.292. The Balaban J connectivity index is 1.68. The molecule has 0 spiro atoms. The summed E-state index contributed by atoms with van der Waals surface area (Å²) < 4.78 is 4.56. The molecule has 0 radical (unpaired) electrons. The third-order valence-corrected chi connectivity index (χ3v) is 7.25. The quantitative estimate of drug-likeness (QED) is 0.431. The molecule has 148 valence electrons. The van der Waals surface area contributed by atoms with Gasteiger partial charge in [-0.2, -0.15) is 4.90 Å². The van der Waals surface area contributed by atoms with E-state index in [2.05, 4.69) is 120 Å². The standard InChI is InChI=1S/C24H27N4S/c1-17-27(23-25(4)14-15-29-23)20-12-8-9-13-21(20)28(17)24(2,3)22-16-18-10-6-7-11-19(18)26(22)5/h6-17H,1-5H3/q+1/t17-/m1/s1. The van der Waals surface area contributed by atoms with Crippen molar-refractivity contribution < 1.29 is 4.57 Å². The molecule has 5 heteroatoms. The molecule has 1 aliphatic rings. The van der Waals surface area contributed by atoms with Crippen LogP contribution in [0.1, 0.15) is 26.5 Å². The molecule has 0 N–H and O–H groups in total. The van der Waals surface area contributed by atoms with Crippen LogP contribution in [0.4, 0.5) is 16.5 Å². The van der Waals surface area contributed by atoms with Gasteiger partial charge < -0.3 is 9.47 Å². The highest BCUT2D eigenvalue weighted by Gasteiger charge is 2.48. The summed E-state index contributed by atoms with van der Waals surface area (Å²) in [6.45, 7) is 6.99. The second kappa shape index (κ2) is 6.36. The van der Waals surface area contributed by atoms with Gasteiger partial charge in [-0.1, -0.05) is 41.7 Å². The lowest BCUT2D eigenvalue weighted by atomic mass is 9.96. The second-order valence-corrected chi connectivity index (χ2v) is 9.24. The normalized spacial score (nSPS) is 16.7. The number of nitrogens with zero attached hydrogens (tertiary/aromatic N) is 4. The van der Waals surface area contributed by atoms with E-state index in [9.17, 15) is 0 Å². The molecule has 4 nitrogen and oxygen atoms in total. The first-order chi connectivity index (χ1) is 13.9. The predicted octanol–water partition coefficient (Wildman–Crippen LogP) is 5.30. The van der Waals surface area contributed by atoms with Crippen molar-refractivity contribution >= 4 is 38.7 Å². The van der Waals surface area contributed by atoms with Gasteiger partial charge in [-0.25, -0.2) is 4.57 Å². The Bertz CT molecular complexity index is 1200. The van der Waals surface area contributed by atoms with Crippen LogP contribution in [-0.2, 0) is 19.6 Å². The Kier molecular flexibility index (Phi) is 4.00. The van der Waals surface area contributed by atoms with Crippen LogP contribution < -0.4 is 14.4 Å². The monoisotopic (exact) mass is 403 g/mol. The molecule has 1 atom stereocenters. The molecule has 0 saturated heterocycles. The van der Waals surface area contributed by atoms with E-state index in [1.54, 1.807) is 11.3 Å². The molecule has 29 heavy (non-hydrogen) atoms. The van der Waals surface area contributed by atoms with Gasteiger partial charge in [0, 0.05) is 23.6 Å². The van der Waals surface area contributed by atoms with Crippen LogP contribution in [0.25, 0.3) is 10.9 Å². The van der Waals surface area contributed by atoms with Gasteiger partial charge in [-0.05, 0) is 50.4 Å². The van der Waals surface area contributed by atoms with Gasteiger partial charge in [-0.15, -0.1) is 0 Å². The van der Waals surface area contributed by atoms with Crippen LogP contribution in [0, 0.1) is 0 Å². The summed E-state index contributed by atoms with van der Waals surface area (Å²) in [7, 11) is 4.31. The number of benzene rings is 2. The molecule has 0 amide bonds. The smallest absolute Gasteiger partial charge is 0.342 e. The molecule has 3 heterocycles. The van der Waals surface area contributed by atoms with Gasteiger partial charge in [0.1, 0.15) is 6.20 Å². The lowest BCUT2D eigenvalue weighted by Gasteiger charge is -2.40. The van der Waals surface area contributed by atoms with Crippen molar-refractivity contribution in [1.82, 2.24) is 4.57 Å². The van der Waals surface area contributed by atoms with Crippen molar-refractivity contribution in [2.24, 2.45) is 14.1 Å². The third kappa shape index (κ3) is 2.53. The molecule has 5 rings (SSSR count). The molecule has 0 fully saturated rings. The van der Waals surface area contributed by atoms with Crippen LogP contribution in [0.2, 0.25) is 0 Å². The highest BCUT2D eigenvalue weighted by molar-refractivity contribution is 7.13. The zero-order chi connectivity index (χ0) is 20.3. The van der Waals surface area contributed by atoms with Gasteiger partial charge in [0.05, 0.1) is 18.3 Å². The van der Waals surface area contributed by atoms with Crippen molar-refractivity contribution in [2.45, 2.75) is 32.5 Å². The summed E-state index contributed by atoms with van der Waals surface area (Å²) >= 11 is 1.79. The Hall–Kier alpha value is -2.79. The Morgan fingerprint density at radius 1 is 1.00 bits per heavy atom. The lowest BCUT2D eigenvalue weighted by molar-refractivity contribution is -0.654. The summed E-state index contributed by atoms with van der Waals surface area (Å²) in [6, 6.07) is 19.8. The van der Waals surface area contributed by atoms with E-state index in [1.807, 2.05) is 0 Å². The van der Waals surface area contributed by atoms with E-state index in [4.69, 9.17) is 0 Å². The minimum atomic E-state index is -0.187. The average Bonchev–Trinajstić information content (AvgIpc) is 3.36. The third-order valence-electron chi connectivity index (χ3n) is 6.29. The van der Waals surface area contributed by atoms with E-state index in [1.165, 1.54) is 33.1 Å². The maximum atomic E-state index is 2.57. The van der Waals surface area contributed by atoms with Crippen LogP contribution >= 0.6 is 11.3 Å². The molecule has 0 bridgehead atoms. The molecule has 2 aromatic carbocycles. The summed E-state index contributed by atoms with van der Waals surface area (Å²) in [6.07, 6.45) is 2.33. The molecular weight excluding hydrogens is 376 g/mol. The van der Waals surface area contributed by atoms with Crippen LogP contribution in [0.15, 0.2) is 66.2 Å². The number of hydrogen-bond acceptors (Lipinski definition) is 3. The number of para-hydroxylation sites is 3. The second-order valence-electron chi connectivity index (χ2n) is 8.36. The van der Waals surface area contributed by atoms with Crippen molar-refractivity contribution in [3.63, 3.8) is 0 Å². The Morgan fingerprint density at radius 3 is 2.38 bits per heavy atom. The van der Waals surface area contributed by atoms with Gasteiger partial charge >= 0.3 is 5.13 Å². The maximum Gasteiger partial charge on any atom is 0.342 e. The van der Waals surface area contributed by atoms with E-state index in [-0.39, 0.29) is 11.7 Å². The predicted molar refractivity (Wildman–Crippen MR) is 122 cm³/mol. The zero-order valence-corrected chi connectivity index (χ0v) is 18.4. The molecule has 2 aromatic heterocycles. The number of rotatable bonds is 3. The summed E-state index contributed by atoms with van der Waals surface area (Å²) in [5.41, 5.74) is 4.96. The van der Waals surface area contributed by atoms with E-state index in [0.29, 0.717) is 0 Å². The lowest BCUT2D eigenvalue weighted by Crippen LogP contribution is -2.51. The summed E-state index contributed by atoms with van der Waals surface area (Å²) in [4.78, 5) is 5.03. The van der Waals surface area contributed by atoms with Gasteiger partial charge in [0.25, 0.3) is 0 Å². The van der Waals surface area contributed by atoms with Crippen molar-refractivity contribution in [3.05, 3.63) is 71.9 Å². The number of aromatic nitrogens is 2. The van der Waals surface area contributed by atoms with Crippen molar-refractivity contribution in [1.29, 1.82) is 0 Å². The fourth-order valence-electron chi connectivity index (χ4n) is 4.98. The number of thiazole rings is 1. The van der Waals surface area contributed by atoms with Crippen LogP contribution in [0.3, 0.4) is 0 Å². The maximum absolute atomic E-state index is 2.57. The Labute approximate surface area is 176 Å². The average molecular weight is 404 g/mol. The molecule has 4 aromatic rings. The van der Waals surface area contributed by atoms with E-state index in [0.717, 1.165) is 0 Å². The topological polar surface area (TPSA) is 15.3 Å². The SMILES string of the molecule is C[C@@H]1N(c2scc[n+]2C)c2ccccc2N1C(C)(C)c1cc2ccccc2n1C. The van der Waals surface area contributed by atoms with Crippen LogP contribution in [0.5, 0.6) is 0 Å². The molecular formula is C24H27N4S+. The zero-order valence-electron chi connectivity index (χ0n) is 17.6. The first-order valence-electron chi connectivity index (χ1n) is 10.1. The highest BCUT2D eigenvalue weighted by Crippen LogP contribution is 2.49. The summed E-state index contributed by atoms with van der Waals surface area (Å²) in [5, 5.41) is 4.70. The van der Waals surface area contributed by atoms with E-state index < -0.39 is 0 Å². The minimum Gasteiger partial charge on any atom is -0.346 e. The fourth-order valence-corrected chi connectivity index (χ4v) is 5.93. The van der Waals surface area contributed by atoms with Crippen molar-refractivity contribution in [2.75, 3.05) is 9.80 Å². The number of aryl methyl sites for hydroxylation is 2. The van der Waals surface area contributed by atoms with Gasteiger partial charge in [0.2, 0.25) is 0 Å². The largest absolute Gasteiger partial charge is 0.346 e. The number of hydrogen-bond donors (Lipinski definition) is 0. The van der Waals surface area contributed by atoms with Crippen molar-refractivity contribution in [3.8, 4) is 0 Å². The van der Waals surface area contributed by atoms with Gasteiger partial charge in [0.15, 0.2) is 11.9 Å².